The first kappa shape index (κ1) is 17.3. The van der Waals surface area contributed by atoms with Gasteiger partial charge in [-0.25, -0.2) is 4.57 Å². The molecule has 0 saturated carbocycles. The minimum atomic E-state index is -4.66. The molecule has 1 aromatic carbocycles. The van der Waals surface area contributed by atoms with Gasteiger partial charge in [-0.3, -0.25) is 0 Å². The number of benzene rings is 1. The van der Waals surface area contributed by atoms with E-state index in [0.29, 0.717) is 19.3 Å². The van der Waals surface area contributed by atoms with Crippen LogP contribution in [0.25, 0.3) is 0 Å². The molecule has 23 heavy (non-hydrogen) atoms. The smallest absolute Gasteiger partial charge is 0.448 e. The zero-order valence-electron chi connectivity index (χ0n) is 12.2. The summed E-state index contributed by atoms with van der Waals surface area (Å²) in [5, 5.41) is 28.8. The molecule has 0 aromatic heterocycles. The minimum absolute atomic E-state index is 0.0493. The summed E-state index contributed by atoms with van der Waals surface area (Å²) in [5.74, 6) is -1.01. The van der Waals surface area contributed by atoms with Crippen molar-refractivity contribution in [2.45, 2.75) is 19.3 Å². The second-order valence-electron chi connectivity index (χ2n) is 5.29. The van der Waals surface area contributed by atoms with Gasteiger partial charge in [-0.15, -0.1) is 0 Å². The molecular formula is C15H18NO6P. The number of aliphatic hydroxyl groups excluding tert-OH is 2. The molecule has 2 rings (SSSR count). The van der Waals surface area contributed by atoms with Crippen LogP contribution in [0, 0.1) is 5.92 Å². The Morgan fingerprint density at radius 3 is 2.52 bits per heavy atom. The van der Waals surface area contributed by atoms with Crippen LogP contribution in [0.1, 0.15) is 18.4 Å². The van der Waals surface area contributed by atoms with Gasteiger partial charge >= 0.3 is 7.75 Å². The van der Waals surface area contributed by atoms with Crippen molar-refractivity contribution in [3.05, 3.63) is 53.5 Å². The van der Waals surface area contributed by atoms with Gasteiger partial charge < -0.3 is 25.1 Å². The third-order valence-electron chi connectivity index (χ3n) is 3.42. The van der Waals surface area contributed by atoms with Crippen LogP contribution in [0.15, 0.2) is 52.7 Å². The molecule has 0 fully saturated rings. The molecule has 0 saturated heterocycles. The Balaban J connectivity index is 2.08. The molecular weight excluding hydrogens is 321 g/mol. The van der Waals surface area contributed by atoms with E-state index in [-0.39, 0.29) is 23.0 Å². The molecule has 5 N–H and O–H groups in total. The highest BCUT2D eigenvalue weighted by atomic mass is 31.2. The number of rotatable bonds is 5. The fourth-order valence-corrected chi connectivity index (χ4v) is 2.96. The Morgan fingerprint density at radius 1 is 1.13 bits per heavy atom. The average molecular weight is 339 g/mol. The van der Waals surface area contributed by atoms with E-state index in [4.69, 9.17) is 9.79 Å². The first-order valence-electron chi connectivity index (χ1n) is 6.99. The Kier molecular flexibility index (Phi) is 5.26. The van der Waals surface area contributed by atoms with Crippen molar-refractivity contribution >= 4 is 13.5 Å². The molecule has 0 bridgehead atoms. The Morgan fingerprint density at radius 2 is 1.87 bits per heavy atom. The summed E-state index contributed by atoms with van der Waals surface area (Å²) < 4.78 is 14.4. The lowest BCUT2D eigenvalue weighted by molar-refractivity contribution is 0.340. The van der Waals surface area contributed by atoms with Gasteiger partial charge in [0.15, 0.2) is 0 Å². The van der Waals surface area contributed by atoms with Crippen LogP contribution in [0.3, 0.4) is 0 Å². The van der Waals surface area contributed by atoms with Gasteiger partial charge in [-0.05, 0) is 37.0 Å². The van der Waals surface area contributed by atoms with Gasteiger partial charge in [-0.2, -0.15) is 4.76 Å². The summed E-state index contributed by atoms with van der Waals surface area (Å²) in [6, 6.07) is 6.78. The molecule has 1 aromatic rings. The molecule has 0 amide bonds. The molecule has 0 radical (unpaired) electrons. The zero-order chi connectivity index (χ0) is 17.0. The van der Waals surface area contributed by atoms with Crippen LogP contribution in [0.5, 0.6) is 5.75 Å². The molecule has 7 nitrogen and oxygen atoms in total. The lowest BCUT2D eigenvalue weighted by Crippen LogP contribution is -2.19. The van der Waals surface area contributed by atoms with Gasteiger partial charge in [0.1, 0.15) is 17.3 Å². The highest BCUT2D eigenvalue weighted by molar-refractivity contribution is 7.50. The summed E-state index contributed by atoms with van der Waals surface area (Å²) in [6.07, 6.45) is 3.88. The number of allylic oxidation sites excluding steroid dienone is 3. The normalized spacial score (nSPS) is 20.3. The van der Waals surface area contributed by atoms with E-state index in [0.717, 1.165) is 17.7 Å². The zero-order valence-corrected chi connectivity index (χ0v) is 13.1. The number of nitrogens with zero attached hydrogens (tertiary/aromatic N) is 1. The van der Waals surface area contributed by atoms with Gasteiger partial charge in [0, 0.05) is 12.2 Å². The Labute approximate surface area is 133 Å². The van der Waals surface area contributed by atoms with Crippen molar-refractivity contribution in [1.82, 2.24) is 0 Å². The predicted molar refractivity (Wildman–Crippen MR) is 85.4 cm³/mol. The fourth-order valence-electron chi connectivity index (χ4n) is 2.46. The van der Waals surface area contributed by atoms with E-state index in [1.54, 1.807) is 18.2 Å². The first-order valence-corrected chi connectivity index (χ1v) is 8.56. The van der Waals surface area contributed by atoms with Crippen LogP contribution in [-0.4, -0.2) is 30.8 Å². The Hall–Kier alpha value is -2.08. The summed E-state index contributed by atoms with van der Waals surface area (Å²) in [7, 11) is -4.66. The molecule has 0 spiro atoms. The highest BCUT2D eigenvalue weighted by Crippen LogP contribution is 2.39. The fraction of sp³-hybridized carbons (Fsp3) is 0.267. The molecule has 1 aliphatic carbocycles. The van der Waals surface area contributed by atoms with Crippen LogP contribution in [0.4, 0.5) is 0 Å². The van der Waals surface area contributed by atoms with E-state index in [1.165, 1.54) is 0 Å². The second kappa shape index (κ2) is 7.00. The summed E-state index contributed by atoms with van der Waals surface area (Å²) in [4.78, 5) is 18.0. The number of hydrogen-bond acceptors (Lipinski definition) is 4. The van der Waals surface area contributed by atoms with Crippen molar-refractivity contribution < 1.29 is 29.7 Å². The number of aryl methyl sites for hydroxylation is 1. The van der Waals surface area contributed by atoms with Gasteiger partial charge in [0.2, 0.25) is 0 Å². The molecule has 1 atom stereocenters. The lowest BCUT2D eigenvalue weighted by Gasteiger charge is -2.20. The third-order valence-corrected chi connectivity index (χ3v) is 3.91. The third kappa shape index (κ3) is 5.25. The van der Waals surface area contributed by atoms with Gasteiger partial charge in [0.25, 0.3) is 0 Å². The maximum atomic E-state index is 11.1. The minimum Gasteiger partial charge on any atom is -0.511 e. The average Bonchev–Trinajstić information content (AvgIpc) is 2.40. The second-order valence-corrected chi connectivity index (χ2v) is 6.52. The first-order chi connectivity index (χ1) is 10.7. The standard InChI is InChI=1S/C15H18NO6P/c17-11-5-1-3-10(7-11)4-2-6-13-14(16-23(20,21)22)8-12(18)9-15(13)19/h1,3,5,7-9,13,17-19H,2,4,6H2,(H2,20,21,22). The number of phenols is 1. The highest BCUT2D eigenvalue weighted by Gasteiger charge is 2.26. The van der Waals surface area contributed by atoms with E-state index < -0.39 is 13.7 Å². The molecule has 8 heteroatoms. The SMILES string of the molecule is O=P(O)(O)N=C1C=C(O)C=C(O)C1CCCc1cccc(O)c1. The molecule has 124 valence electrons. The quantitative estimate of drug-likeness (QED) is 0.524. The van der Waals surface area contributed by atoms with E-state index >= 15 is 0 Å². The number of aromatic hydroxyl groups is 1. The van der Waals surface area contributed by atoms with Crippen molar-refractivity contribution in [3.63, 3.8) is 0 Å². The monoisotopic (exact) mass is 339 g/mol. The van der Waals surface area contributed by atoms with Crippen molar-refractivity contribution in [3.8, 4) is 5.75 Å². The van der Waals surface area contributed by atoms with Gasteiger partial charge in [0.05, 0.1) is 11.6 Å². The molecule has 0 heterocycles. The maximum Gasteiger partial charge on any atom is 0.448 e. The molecule has 1 unspecified atom stereocenters. The van der Waals surface area contributed by atoms with Crippen LogP contribution >= 0.6 is 7.75 Å². The lowest BCUT2D eigenvalue weighted by atomic mass is 9.90. The van der Waals surface area contributed by atoms with Crippen LogP contribution in [-0.2, 0) is 11.0 Å². The molecule has 1 aliphatic rings. The van der Waals surface area contributed by atoms with Crippen LogP contribution in [0.2, 0.25) is 0 Å². The van der Waals surface area contributed by atoms with Crippen molar-refractivity contribution in [2.75, 3.05) is 0 Å². The number of hydrogen-bond donors (Lipinski definition) is 5. The number of aliphatic hydroxyl groups is 2. The van der Waals surface area contributed by atoms with E-state index in [9.17, 15) is 19.9 Å². The summed E-state index contributed by atoms with van der Waals surface area (Å²) in [6.45, 7) is 0. The van der Waals surface area contributed by atoms with E-state index in [1.807, 2.05) is 6.07 Å². The predicted octanol–water partition coefficient (Wildman–Crippen LogP) is 2.76. The van der Waals surface area contributed by atoms with E-state index in [2.05, 4.69) is 4.76 Å². The number of phenolic OH excluding ortho intramolecular Hbond substituents is 1. The topological polar surface area (TPSA) is 131 Å². The Bertz CT molecular complexity index is 718. The van der Waals surface area contributed by atoms with Crippen LogP contribution < -0.4 is 0 Å². The van der Waals surface area contributed by atoms with Gasteiger partial charge in [-0.1, -0.05) is 12.1 Å². The summed E-state index contributed by atoms with van der Waals surface area (Å²) >= 11 is 0. The summed E-state index contributed by atoms with van der Waals surface area (Å²) in [5.41, 5.74) is 0.864. The maximum absolute atomic E-state index is 11.1. The van der Waals surface area contributed by atoms with Crippen molar-refractivity contribution in [2.24, 2.45) is 10.7 Å². The van der Waals surface area contributed by atoms with Crippen molar-refractivity contribution in [1.29, 1.82) is 0 Å². The molecule has 0 aliphatic heterocycles. The largest absolute Gasteiger partial charge is 0.511 e.